The zero-order chi connectivity index (χ0) is 15.9. The number of carbonyl (C=O) groups is 1. The number of carbonyl (C=O) groups excluding carboxylic acids is 1. The van der Waals surface area contributed by atoms with Gasteiger partial charge in [0, 0.05) is 29.0 Å². The second kappa shape index (κ2) is 7.84. The summed E-state index contributed by atoms with van der Waals surface area (Å²) in [5.41, 5.74) is 1.66. The van der Waals surface area contributed by atoms with Crippen molar-refractivity contribution < 1.29 is 9.53 Å². The molecule has 0 aliphatic rings. The van der Waals surface area contributed by atoms with Crippen molar-refractivity contribution in [1.29, 1.82) is 0 Å². The van der Waals surface area contributed by atoms with Crippen molar-refractivity contribution in [2.45, 2.75) is 30.5 Å². The molecule has 1 aromatic heterocycles. The van der Waals surface area contributed by atoms with E-state index in [0.29, 0.717) is 23.2 Å². The molecule has 0 aliphatic carbocycles. The van der Waals surface area contributed by atoms with Gasteiger partial charge in [0.25, 0.3) is 5.91 Å². The van der Waals surface area contributed by atoms with E-state index in [1.165, 1.54) is 0 Å². The molecule has 2 aromatic rings. The molecule has 0 spiro atoms. The van der Waals surface area contributed by atoms with Gasteiger partial charge in [-0.25, -0.2) is 4.98 Å². The average Bonchev–Trinajstić information content (AvgIpc) is 2.53. The molecule has 4 nitrogen and oxygen atoms in total. The molecule has 1 heterocycles. The highest BCUT2D eigenvalue weighted by molar-refractivity contribution is 8.00. The van der Waals surface area contributed by atoms with Crippen LogP contribution in [0.3, 0.4) is 0 Å². The number of amides is 1. The van der Waals surface area contributed by atoms with Crippen molar-refractivity contribution in [3.8, 4) is 5.88 Å². The van der Waals surface area contributed by atoms with Gasteiger partial charge in [0.15, 0.2) is 0 Å². The lowest BCUT2D eigenvalue weighted by molar-refractivity contribution is 0.0948. The van der Waals surface area contributed by atoms with E-state index >= 15 is 0 Å². The van der Waals surface area contributed by atoms with Crippen LogP contribution in [0.1, 0.15) is 29.8 Å². The Balaban J connectivity index is 2.06. The summed E-state index contributed by atoms with van der Waals surface area (Å²) in [6, 6.07) is 11.3. The second-order valence-electron chi connectivity index (χ2n) is 5.05. The predicted molar refractivity (Wildman–Crippen MR) is 89.4 cm³/mol. The number of rotatable bonds is 6. The van der Waals surface area contributed by atoms with Crippen LogP contribution in [0.4, 0.5) is 0 Å². The molecule has 1 aromatic carbocycles. The first-order chi connectivity index (χ1) is 10.6. The van der Waals surface area contributed by atoms with Crippen molar-refractivity contribution in [1.82, 2.24) is 10.3 Å². The van der Waals surface area contributed by atoms with Crippen LogP contribution < -0.4 is 10.1 Å². The second-order valence-corrected chi connectivity index (χ2v) is 6.67. The number of thioether (sulfide) groups is 1. The summed E-state index contributed by atoms with van der Waals surface area (Å²) < 4.78 is 5.08. The van der Waals surface area contributed by atoms with Crippen molar-refractivity contribution in [2.75, 3.05) is 7.11 Å². The van der Waals surface area contributed by atoms with Gasteiger partial charge in [-0.05, 0) is 23.8 Å². The first-order valence-corrected chi connectivity index (χ1v) is 8.01. The van der Waals surface area contributed by atoms with E-state index in [4.69, 9.17) is 4.74 Å². The minimum atomic E-state index is -0.0699. The first-order valence-electron chi connectivity index (χ1n) is 7.13. The van der Waals surface area contributed by atoms with Crippen LogP contribution in [0.2, 0.25) is 0 Å². The summed E-state index contributed by atoms with van der Waals surface area (Å²) in [7, 11) is 1.57. The van der Waals surface area contributed by atoms with Crippen LogP contribution >= 0.6 is 11.8 Å². The van der Waals surface area contributed by atoms with Crippen molar-refractivity contribution in [3.05, 3.63) is 53.7 Å². The smallest absolute Gasteiger partial charge is 0.252 e. The van der Waals surface area contributed by atoms with E-state index in [-0.39, 0.29) is 5.91 Å². The van der Waals surface area contributed by atoms with Gasteiger partial charge in [-0.2, -0.15) is 0 Å². The number of methoxy groups -OCH3 is 1. The molecule has 0 aliphatic heterocycles. The molecule has 22 heavy (non-hydrogen) atoms. The molecule has 0 saturated carbocycles. The standard InChI is InChI=1S/C17H20N2O2S/c1-12(2)22-15-7-5-4-6-14(15)17(20)19-11-13-8-9-18-16(10-13)21-3/h4-10,12H,11H2,1-3H3,(H,19,20). The Bertz CT molecular complexity index is 644. The fraction of sp³-hybridized carbons (Fsp3) is 0.294. The lowest BCUT2D eigenvalue weighted by Crippen LogP contribution is -2.23. The third-order valence-corrected chi connectivity index (χ3v) is 4.04. The Morgan fingerprint density at radius 2 is 2.09 bits per heavy atom. The fourth-order valence-corrected chi connectivity index (χ4v) is 2.91. The number of hydrogen-bond donors (Lipinski definition) is 1. The largest absolute Gasteiger partial charge is 0.481 e. The molecular weight excluding hydrogens is 296 g/mol. The van der Waals surface area contributed by atoms with Gasteiger partial charge in [0.2, 0.25) is 5.88 Å². The zero-order valence-corrected chi connectivity index (χ0v) is 13.8. The van der Waals surface area contributed by atoms with Gasteiger partial charge in [0.05, 0.1) is 12.7 Å². The highest BCUT2D eigenvalue weighted by atomic mass is 32.2. The van der Waals surface area contributed by atoms with Crippen molar-refractivity contribution >= 4 is 17.7 Å². The van der Waals surface area contributed by atoms with E-state index in [0.717, 1.165) is 10.5 Å². The quantitative estimate of drug-likeness (QED) is 0.829. The van der Waals surface area contributed by atoms with Crippen LogP contribution in [0.25, 0.3) is 0 Å². The number of nitrogens with zero attached hydrogens (tertiary/aromatic N) is 1. The average molecular weight is 316 g/mol. The molecule has 0 saturated heterocycles. The van der Waals surface area contributed by atoms with Gasteiger partial charge < -0.3 is 10.1 Å². The summed E-state index contributed by atoms with van der Waals surface area (Å²) >= 11 is 1.69. The molecule has 0 fully saturated rings. The molecule has 1 N–H and O–H groups in total. The number of benzene rings is 1. The molecule has 116 valence electrons. The van der Waals surface area contributed by atoms with Crippen LogP contribution in [0, 0.1) is 0 Å². The number of ether oxygens (including phenoxy) is 1. The third-order valence-electron chi connectivity index (χ3n) is 2.96. The summed E-state index contributed by atoms with van der Waals surface area (Å²) in [4.78, 5) is 17.5. The molecule has 2 rings (SSSR count). The van der Waals surface area contributed by atoms with Gasteiger partial charge >= 0.3 is 0 Å². The molecule has 0 bridgehead atoms. The van der Waals surface area contributed by atoms with Gasteiger partial charge in [0.1, 0.15) is 0 Å². The van der Waals surface area contributed by atoms with E-state index < -0.39 is 0 Å². The Morgan fingerprint density at radius 1 is 1.32 bits per heavy atom. The Labute approximate surface area is 135 Å². The summed E-state index contributed by atoms with van der Waals surface area (Å²) in [5, 5.41) is 3.37. The van der Waals surface area contributed by atoms with E-state index in [1.807, 2.05) is 36.4 Å². The number of hydrogen-bond acceptors (Lipinski definition) is 4. The highest BCUT2D eigenvalue weighted by Crippen LogP contribution is 2.26. The number of aromatic nitrogens is 1. The van der Waals surface area contributed by atoms with Crippen LogP contribution in [-0.2, 0) is 6.54 Å². The highest BCUT2D eigenvalue weighted by Gasteiger charge is 2.12. The van der Waals surface area contributed by atoms with E-state index in [2.05, 4.69) is 24.1 Å². The van der Waals surface area contributed by atoms with Crippen molar-refractivity contribution in [3.63, 3.8) is 0 Å². The minimum Gasteiger partial charge on any atom is -0.481 e. The van der Waals surface area contributed by atoms with Crippen LogP contribution in [0.5, 0.6) is 5.88 Å². The summed E-state index contributed by atoms with van der Waals surface area (Å²) in [5.74, 6) is 0.474. The monoisotopic (exact) mass is 316 g/mol. The van der Waals surface area contributed by atoms with Gasteiger partial charge in [-0.3, -0.25) is 4.79 Å². The third kappa shape index (κ3) is 4.49. The lowest BCUT2D eigenvalue weighted by atomic mass is 10.2. The topological polar surface area (TPSA) is 51.2 Å². The fourth-order valence-electron chi connectivity index (χ4n) is 1.96. The van der Waals surface area contributed by atoms with Gasteiger partial charge in [-0.1, -0.05) is 26.0 Å². The number of pyridine rings is 1. The predicted octanol–water partition coefficient (Wildman–Crippen LogP) is 3.52. The first kappa shape index (κ1) is 16.4. The SMILES string of the molecule is COc1cc(CNC(=O)c2ccccc2SC(C)C)ccn1. The molecule has 5 heteroatoms. The van der Waals surface area contributed by atoms with E-state index in [9.17, 15) is 4.79 Å². The summed E-state index contributed by atoms with van der Waals surface area (Å²) in [6.45, 7) is 4.67. The Hall–Kier alpha value is -2.01. The molecule has 1 amide bonds. The van der Waals surface area contributed by atoms with Gasteiger partial charge in [-0.15, -0.1) is 11.8 Å². The molecular formula is C17H20N2O2S. The maximum absolute atomic E-state index is 12.4. The molecule has 0 unspecified atom stereocenters. The Morgan fingerprint density at radius 3 is 2.82 bits per heavy atom. The normalized spacial score (nSPS) is 10.5. The maximum atomic E-state index is 12.4. The van der Waals surface area contributed by atoms with Crippen LogP contribution in [0.15, 0.2) is 47.5 Å². The number of nitrogens with one attached hydrogen (secondary N) is 1. The molecule has 0 atom stereocenters. The maximum Gasteiger partial charge on any atom is 0.252 e. The molecule has 0 radical (unpaired) electrons. The van der Waals surface area contributed by atoms with E-state index in [1.54, 1.807) is 25.1 Å². The Kier molecular flexibility index (Phi) is 5.83. The van der Waals surface area contributed by atoms with Crippen molar-refractivity contribution in [2.24, 2.45) is 0 Å². The zero-order valence-electron chi connectivity index (χ0n) is 13.0. The minimum absolute atomic E-state index is 0.0699. The lowest BCUT2D eigenvalue weighted by Gasteiger charge is -2.11. The van der Waals surface area contributed by atoms with Crippen LogP contribution in [-0.4, -0.2) is 23.3 Å². The summed E-state index contributed by atoms with van der Waals surface area (Å²) in [6.07, 6.45) is 1.67.